The molecule has 6 heteroatoms. The first-order valence-corrected chi connectivity index (χ1v) is 7.25. The average molecular weight is 220 g/mol. The van der Waals surface area contributed by atoms with E-state index in [2.05, 4.69) is 11.9 Å². The first kappa shape index (κ1) is 13.4. The second-order valence-corrected chi connectivity index (χ2v) is 5.64. The van der Waals surface area contributed by atoms with Gasteiger partial charge in [-0.15, -0.1) is 0 Å². The van der Waals surface area contributed by atoms with Crippen LogP contribution in [-0.4, -0.2) is 41.9 Å². The third-order valence-electron chi connectivity index (χ3n) is 1.78. The summed E-state index contributed by atoms with van der Waals surface area (Å²) in [4.78, 5) is 10.3. The van der Waals surface area contributed by atoms with Gasteiger partial charge < -0.3 is 20.2 Å². The van der Waals surface area contributed by atoms with Gasteiger partial charge >= 0.3 is 6.03 Å². The summed E-state index contributed by atoms with van der Waals surface area (Å²) in [6.45, 7) is 4.10. The molecule has 84 valence electrons. The molecule has 5 nitrogen and oxygen atoms in total. The highest BCUT2D eigenvalue weighted by molar-refractivity contribution is 6.50. The van der Waals surface area contributed by atoms with E-state index in [0.29, 0.717) is 19.8 Å². The second kappa shape index (κ2) is 8.98. The Bertz CT molecular complexity index is 158. The standard InChI is InChI=1S/C8H20N2O3Si/c1-12-5-6-13-14(2)7-3-4-10-8(9)11/h14H,3-7H2,1-2H3,(H3,9,10,11). The highest BCUT2D eigenvalue weighted by atomic mass is 28.3. The molecule has 0 aliphatic heterocycles. The Morgan fingerprint density at radius 1 is 1.50 bits per heavy atom. The van der Waals surface area contributed by atoms with Gasteiger partial charge in [-0.2, -0.15) is 0 Å². The highest BCUT2D eigenvalue weighted by Crippen LogP contribution is 1.98. The molecule has 0 aromatic heterocycles. The van der Waals surface area contributed by atoms with Crippen molar-refractivity contribution in [2.45, 2.75) is 19.0 Å². The van der Waals surface area contributed by atoms with Crippen molar-refractivity contribution in [3.05, 3.63) is 0 Å². The number of primary amides is 1. The van der Waals surface area contributed by atoms with E-state index in [1.54, 1.807) is 7.11 Å². The molecule has 0 bridgehead atoms. The lowest BCUT2D eigenvalue weighted by Gasteiger charge is -2.10. The number of methoxy groups -OCH3 is 1. The summed E-state index contributed by atoms with van der Waals surface area (Å²) in [5.41, 5.74) is 4.92. The Morgan fingerprint density at radius 3 is 2.79 bits per heavy atom. The number of rotatable bonds is 8. The van der Waals surface area contributed by atoms with Crippen molar-refractivity contribution in [3.8, 4) is 0 Å². The molecule has 0 fully saturated rings. The normalized spacial score (nSPS) is 12.4. The van der Waals surface area contributed by atoms with Crippen LogP contribution < -0.4 is 11.1 Å². The van der Waals surface area contributed by atoms with Crippen LogP contribution in [0, 0.1) is 0 Å². The number of carbonyl (C=O) groups excluding carboxylic acids is 1. The third kappa shape index (κ3) is 9.49. The van der Waals surface area contributed by atoms with Crippen LogP contribution in [0.2, 0.25) is 12.6 Å². The average Bonchev–Trinajstić information content (AvgIpc) is 2.13. The van der Waals surface area contributed by atoms with Gasteiger partial charge in [-0.05, 0) is 19.0 Å². The smallest absolute Gasteiger partial charge is 0.312 e. The van der Waals surface area contributed by atoms with Gasteiger partial charge in [0.1, 0.15) is 0 Å². The Morgan fingerprint density at radius 2 is 2.21 bits per heavy atom. The number of nitrogens with one attached hydrogen (secondary N) is 1. The first-order valence-electron chi connectivity index (χ1n) is 4.80. The van der Waals surface area contributed by atoms with Crippen LogP contribution in [0.5, 0.6) is 0 Å². The predicted octanol–water partition coefficient (Wildman–Crippen LogP) is 0.0614. The molecule has 0 aromatic carbocycles. The van der Waals surface area contributed by atoms with E-state index in [1.807, 2.05) is 0 Å². The third-order valence-corrected chi connectivity index (χ3v) is 3.80. The van der Waals surface area contributed by atoms with E-state index in [-0.39, 0.29) is 0 Å². The molecule has 14 heavy (non-hydrogen) atoms. The van der Waals surface area contributed by atoms with Crippen LogP contribution in [0.15, 0.2) is 0 Å². The van der Waals surface area contributed by atoms with Crippen LogP contribution in [0.3, 0.4) is 0 Å². The molecule has 0 heterocycles. The first-order chi connectivity index (χ1) is 6.66. The monoisotopic (exact) mass is 220 g/mol. The van der Waals surface area contributed by atoms with Crippen molar-refractivity contribution in [2.75, 3.05) is 26.9 Å². The van der Waals surface area contributed by atoms with E-state index >= 15 is 0 Å². The lowest BCUT2D eigenvalue weighted by atomic mass is 10.5. The van der Waals surface area contributed by atoms with Crippen LogP contribution in [-0.2, 0) is 9.16 Å². The molecule has 1 atom stereocenters. The number of urea groups is 1. The Balaban J connectivity index is 3.18. The molecule has 0 spiro atoms. The SMILES string of the molecule is COCCO[SiH](C)CCCNC(N)=O. The van der Waals surface area contributed by atoms with Crippen molar-refractivity contribution in [3.63, 3.8) is 0 Å². The zero-order chi connectivity index (χ0) is 10.8. The maximum Gasteiger partial charge on any atom is 0.312 e. The quantitative estimate of drug-likeness (QED) is 0.449. The summed E-state index contributed by atoms with van der Waals surface area (Å²) in [6.07, 6.45) is 0.934. The molecule has 0 saturated heterocycles. The number of hydrogen-bond donors (Lipinski definition) is 2. The van der Waals surface area contributed by atoms with E-state index in [1.165, 1.54) is 0 Å². The molecule has 3 N–H and O–H groups in total. The number of nitrogens with two attached hydrogens (primary N) is 1. The Hall–Kier alpha value is -0.593. The fourth-order valence-electron chi connectivity index (χ4n) is 1.02. The summed E-state index contributed by atoms with van der Waals surface area (Å²) in [5.74, 6) is 0. The van der Waals surface area contributed by atoms with Crippen molar-refractivity contribution in [1.29, 1.82) is 0 Å². The lowest BCUT2D eigenvalue weighted by molar-refractivity contribution is 0.146. The van der Waals surface area contributed by atoms with Crippen molar-refractivity contribution < 1.29 is 14.0 Å². The molecule has 1 unspecified atom stereocenters. The minimum atomic E-state index is -1.07. The molecule has 0 rings (SSSR count). The van der Waals surface area contributed by atoms with E-state index in [4.69, 9.17) is 14.9 Å². The van der Waals surface area contributed by atoms with Gasteiger partial charge in [0.25, 0.3) is 0 Å². The second-order valence-electron chi connectivity index (χ2n) is 3.11. The summed E-state index contributed by atoms with van der Waals surface area (Å²) in [7, 11) is 0.590. The van der Waals surface area contributed by atoms with Crippen molar-refractivity contribution in [1.82, 2.24) is 5.32 Å². The predicted molar refractivity (Wildman–Crippen MR) is 57.9 cm³/mol. The molecular formula is C8H20N2O3Si. The Kier molecular flexibility index (Phi) is 8.60. The summed E-state index contributed by atoms with van der Waals surface area (Å²) < 4.78 is 10.4. The van der Waals surface area contributed by atoms with Gasteiger partial charge in [0.15, 0.2) is 9.04 Å². The number of ether oxygens (including phenoxy) is 1. The molecule has 2 amide bonds. The van der Waals surface area contributed by atoms with Crippen LogP contribution in [0.25, 0.3) is 0 Å². The maximum absolute atomic E-state index is 10.3. The molecule has 0 aliphatic rings. The molecular weight excluding hydrogens is 200 g/mol. The zero-order valence-electron chi connectivity index (χ0n) is 8.91. The highest BCUT2D eigenvalue weighted by Gasteiger charge is 2.04. The zero-order valence-corrected chi connectivity index (χ0v) is 10.1. The fourth-order valence-corrected chi connectivity index (χ4v) is 2.46. The van der Waals surface area contributed by atoms with Crippen LogP contribution >= 0.6 is 0 Å². The minimum Gasteiger partial charge on any atom is -0.418 e. The van der Waals surface area contributed by atoms with Gasteiger partial charge in [0.05, 0.1) is 13.2 Å². The van der Waals surface area contributed by atoms with Gasteiger partial charge in [-0.3, -0.25) is 0 Å². The van der Waals surface area contributed by atoms with Gasteiger partial charge in [-0.1, -0.05) is 0 Å². The van der Waals surface area contributed by atoms with Crippen molar-refractivity contribution in [2.24, 2.45) is 5.73 Å². The number of amides is 2. The summed E-state index contributed by atoms with van der Waals surface area (Å²) in [5, 5.41) is 2.55. The van der Waals surface area contributed by atoms with Crippen molar-refractivity contribution >= 4 is 15.1 Å². The van der Waals surface area contributed by atoms with Gasteiger partial charge in [-0.25, -0.2) is 4.79 Å². The van der Waals surface area contributed by atoms with Gasteiger partial charge in [0.2, 0.25) is 0 Å². The topological polar surface area (TPSA) is 73.6 Å². The largest absolute Gasteiger partial charge is 0.418 e. The number of hydrogen-bond acceptors (Lipinski definition) is 3. The van der Waals surface area contributed by atoms with E-state index in [0.717, 1.165) is 12.5 Å². The molecule has 0 radical (unpaired) electrons. The Labute approximate surface area is 86.7 Å². The van der Waals surface area contributed by atoms with Crippen LogP contribution in [0.4, 0.5) is 4.79 Å². The van der Waals surface area contributed by atoms with E-state index in [9.17, 15) is 4.79 Å². The van der Waals surface area contributed by atoms with E-state index < -0.39 is 15.1 Å². The maximum atomic E-state index is 10.3. The fraction of sp³-hybridized carbons (Fsp3) is 0.875. The molecule has 0 aromatic rings. The summed E-state index contributed by atoms with van der Waals surface area (Å²) >= 11 is 0. The number of carbonyl (C=O) groups is 1. The minimum absolute atomic E-state index is 0.459. The van der Waals surface area contributed by atoms with Gasteiger partial charge in [0, 0.05) is 13.7 Å². The molecule has 0 saturated carbocycles. The van der Waals surface area contributed by atoms with Crippen LogP contribution in [0.1, 0.15) is 6.42 Å². The molecule has 0 aliphatic carbocycles. The summed E-state index contributed by atoms with van der Waals surface area (Å²) in [6, 6.07) is 0.587. The lowest BCUT2D eigenvalue weighted by Crippen LogP contribution is -2.30.